The van der Waals surface area contributed by atoms with Gasteiger partial charge in [0.05, 0.1) is 5.56 Å². The van der Waals surface area contributed by atoms with Crippen molar-refractivity contribution < 1.29 is 9.18 Å². The van der Waals surface area contributed by atoms with E-state index in [1.54, 1.807) is 12.1 Å². The molecule has 0 bridgehead atoms. The summed E-state index contributed by atoms with van der Waals surface area (Å²) in [5, 5.41) is 2.92. The summed E-state index contributed by atoms with van der Waals surface area (Å²) in [6, 6.07) is 4.57. The molecule has 3 nitrogen and oxygen atoms in total. The van der Waals surface area contributed by atoms with Crippen molar-refractivity contribution >= 4 is 21.8 Å². The maximum atomic E-state index is 13.8. The molecule has 0 radical (unpaired) electrons. The second kappa shape index (κ2) is 6.88. The van der Waals surface area contributed by atoms with Crippen LogP contribution in [0.5, 0.6) is 0 Å². The van der Waals surface area contributed by atoms with Gasteiger partial charge in [-0.2, -0.15) is 0 Å². The Hall–Kier alpha value is -0.940. The molecular weight excluding hydrogens is 335 g/mol. The van der Waals surface area contributed by atoms with Gasteiger partial charge in [0.1, 0.15) is 5.82 Å². The molecule has 0 atom stereocenters. The van der Waals surface area contributed by atoms with Gasteiger partial charge < -0.3 is 10.2 Å². The molecule has 116 valence electrons. The van der Waals surface area contributed by atoms with E-state index in [2.05, 4.69) is 40.2 Å². The standard InChI is InChI=1S/C16H22BrFN2O/c1-20(2)16(9-4-3-5-10-16)11-19-15(21)14-12(17)7-6-8-13(14)18/h6-8H,3-5,9-11H2,1-2H3,(H,19,21). The van der Waals surface area contributed by atoms with E-state index in [0.29, 0.717) is 11.0 Å². The van der Waals surface area contributed by atoms with E-state index in [-0.39, 0.29) is 17.0 Å². The third-order valence-electron chi connectivity index (χ3n) is 4.50. The first-order valence-electron chi connectivity index (χ1n) is 7.36. The number of hydrogen-bond acceptors (Lipinski definition) is 2. The molecule has 0 spiro atoms. The number of hydrogen-bond donors (Lipinski definition) is 1. The Labute approximate surface area is 134 Å². The maximum absolute atomic E-state index is 13.8. The first-order chi connectivity index (χ1) is 9.96. The third-order valence-corrected chi connectivity index (χ3v) is 5.16. The van der Waals surface area contributed by atoms with Crippen molar-refractivity contribution in [2.45, 2.75) is 37.6 Å². The highest BCUT2D eigenvalue weighted by atomic mass is 79.9. The van der Waals surface area contributed by atoms with E-state index in [0.717, 1.165) is 12.8 Å². The number of halogens is 2. The van der Waals surface area contributed by atoms with Crippen molar-refractivity contribution in [1.82, 2.24) is 10.2 Å². The minimum atomic E-state index is -0.496. The van der Waals surface area contributed by atoms with Crippen LogP contribution in [0.15, 0.2) is 22.7 Å². The van der Waals surface area contributed by atoms with Crippen molar-refractivity contribution in [2.75, 3.05) is 20.6 Å². The van der Waals surface area contributed by atoms with E-state index in [4.69, 9.17) is 0 Å². The van der Waals surface area contributed by atoms with Gasteiger partial charge in [0.2, 0.25) is 0 Å². The van der Waals surface area contributed by atoms with Gasteiger partial charge in [0.25, 0.3) is 5.91 Å². The minimum absolute atomic E-state index is 0.00829. The van der Waals surface area contributed by atoms with Gasteiger partial charge in [0.15, 0.2) is 0 Å². The van der Waals surface area contributed by atoms with Crippen molar-refractivity contribution in [3.63, 3.8) is 0 Å². The topological polar surface area (TPSA) is 32.3 Å². The van der Waals surface area contributed by atoms with E-state index in [1.807, 2.05) is 0 Å². The van der Waals surface area contributed by atoms with E-state index < -0.39 is 5.82 Å². The lowest BCUT2D eigenvalue weighted by molar-refractivity contribution is 0.0796. The Morgan fingerprint density at radius 1 is 1.33 bits per heavy atom. The van der Waals surface area contributed by atoms with Gasteiger partial charge >= 0.3 is 0 Å². The smallest absolute Gasteiger partial charge is 0.255 e. The van der Waals surface area contributed by atoms with Crippen LogP contribution in [0.4, 0.5) is 4.39 Å². The molecule has 1 N–H and O–H groups in total. The zero-order valence-corrected chi connectivity index (χ0v) is 14.2. The van der Waals surface area contributed by atoms with Gasteiger partial charge in [-0.1, -0.05) is 25.3 Å². The van der Waals surface area contributed by atoms with Crippen LogP contribution in [0.25, 0.3) is 0 Å². The van der Waals surface area contributed by atoms with Crippen LogP contribution < -0.4 is 5.32 Å². The van der Waals surface area contributed by atoms with Crippen molar-refractivity contribution in [2.24, 2.45) is 0 Å². The summed E-state index contributed by atoms with van der Waals surface area (Å²) in [6.07, 6.45) is 5.74. The fraction of sp³-hybridized carbons (Fsp3) is 0.562. The van der Waals surface area contributed by atoms with Crippen LogP contribution in [0, 0.1) is 5.82 Å². The summed E-state index contributed by atoms with van der Waals surface area (Å²) < 4.78 is 14.3. The van der Waals surface area contributed by atoms with Crippen molar-refractivity contribution in [3.05, 3.63) is 34.1 Å². The summed E-state index contributed by atoms with van der Waals surface area (Å²) in [5.41, 5.74) is 0.0771. The number of benzene rings is 1. The van der Waals surface area contributed by atoms with Gasteiger partial charge in [-0.25, -0.2) is 4.39 Å². The largest absolute Gasteiger partial charge is 0.350 e. The third kappa shape index (κ3) is 3.64. The molecule has 0 aliphatic heterocycles. The second-order valence-corrected chi connectivity index (χ2v) is 6.81. The molecule has 1 amide bonds. The molecule has 1 aromatic carbocycles. The Morgan fingerprint density at radius 2 is 2.00 bits per heavy atom. The van der Waals surface area contributed by atoms with Crippen LogP contribution in [-0.4, -0.2) is 37.0 Å². The number of rotatable bonds is 4. The van der Waals surface area contributed by atoms with Crippen LogP contribution in [-0.2, 0) is 0 Å². The normalized spacial score (nSPS) is 17.8. The Balaban J connectivity index is 2.09. The summed E-state index contributed by atoms with van der Waals surface area (Å²) in [4.78, 5) is 14.5. The predicted molar refractivity (Wildman–Crippen MR) is 85.9 cm³/mol. The van der Waals surface area contributed by atoms with Crippen molar-refractivity contribution in [3.8, 4) is 0 Å². The lowest BCUT2D eigenvalue weighted by Gasteiger charge is -2.43. The number of nitrogens with zero attached hydrogens (tertiary/aromatic N) is 1. The number of likely N-dealkylation sites (N-methyl/N-ethyl adjacent to an activating group) is 1. The fourth-order valence-corrected chi connectivity index (χ4v) is 3.56. The molecule has 0 saturated heterocycles. The van der Waals surface area contributed by atoms with Crippen molar-refractivity contribution in [1.29, 1.82) is 0 Å². The zero-order valence-electron chi connectivity index (χ0n) is 12.6. The molecule has 21 heavy (non-hydrogen) atoms. The molecule has 1 fully saturated rings. The van der Waals surface area contributed by atoms with E-state index in [9.17, 15) is 9.18 Å². The molecule has 1 aromatic rings. The molecule has 0 unspecified atom stereocenters. The summed E-state index contributed by atoms with van der Waals surface area (Å²) in [5.74, 6) is -0.851. The quantitative estimate of drug-likeness (QED) is 0.893. The number of carbonyl (C=O) groups is 1. The highest BCUT2D eigenvalue weighted by Gasteiger charge is 2.34. The lowest BCUT2D eigenvalue weighted by atomic mass is 9.80. The van der Waals surface area contributed by atoms with E-state index >= 15 is 0 Å². The first-order valence-corrected chi connectivity index (χ1v) is 8.15. The van der Waals surface area contributed by atoms with Gasteiger partial charge in [-0.3, -0.25) is 4.79 Å². The second-order valence-electron chi connectivity index (χ2n) is 5.96. The lowest BCUT2D eigenvalue weighted by Crippen LogP contribution is -2.53. The number of amides is 1. The average molecular weight is 357 g/mol. The molecule has 1 aliphatic rings. The van der Waals surface area contributed by atoms with Gasteiger partial charge in [0, 0.05) is 16.6 Å². The highest BCUT2D eigenvalue weighted by Crippen LogP contribution is 2.31. The van der Waals surface area contributed by atoms with Crippen LogP contribution in [0.3, 0.4) is 0 Å². The maximum Gasteiger partial charge on any atom is 0.255 e. The molecule has 5 heteroatoms. The highest BCUT2D eigenvalue weighted by molar-refractivity contribution is 9.10. The summed E-state index contributed by atoms with van der Waals surface area (Å²) in [7, 11) is 4.10. The fourth-order valence-electron chi connectivity index (χ4n) is 3.04. The molecule has 1 saturated carbocycles. The number of carbonyl (C=O) groups excluding carboxylic acids is 1. The minimum Gasteiger partial charge on any atom is -0.350 e. The Kier molecular flexibility index (Phi) is 5.38. The predicted octanol–water partition coefficient (Wildman–Crippen LogP) is 3.58. The average Bonchev–Trinajstić information content (AvgIpc) is 2.46. The summed E-state index contributed by atoms with van der Waals surface area (Å²) >= 11 is 3.24. The zero-order chi connectivity index (χ0) is 15.5. The SMILES string of the molecule is CN(C)C1(CNC(=O)c2c(F)cccc2Br)CCCCC1. The number of nitrogens with one attached hydrogen (secondary N) is 1. The molecule has 0 aromatic heterocycles. The van der Waals surface area contributed by atoms with Gasteiger partial charge in [-0.15, -0.1) is 0 Å². The monoisotopic (exact) mass is 356 g/mol. The van der Waals surface area contributed by atoms with Crippen LogP contribution in [0.1, 0.15) is 42.5 Å². The molecule has 2 rings (SSSR count). The van der Waals surface area contributed by atoms with Crippen LogP contribution in [0.2, 0.25) is 0 Å². The molecule has 1 aliphatic carbocycles. The van der Waals surface area contributed by atoms with Gasteiger partial charge in [-0.05, 0) is 55.0 Å². The van der Waals surface area contributed by atoms with E-state index in [1.165, 1.54) is 25.3 Å². The van der Waals surface area contributed by atoms with Crippen LogP contribution >= 0.6 is 15.9 Å². The Bertz CT molecular complexity index is 493. The first kappa shape index (κ1) is 16.4. The summed E-state index contributed by atoms with van der Waals surface area (Å²) in [6.45, 7) is 0.555. The molecule has 0 heterocycles. The Morgan fingerprint density at radius 3 is 2.57 bits per heavy atom. The molecular formula is C16H22BrFN2O.